The molecule has 4 nitrogen and oxygen atoms in total. The van der Waals surface area contributed by atoms with Crippen LogP contribution in [0.15, 0.2) is 24.3 Å². The number of amides is 2. The number of benzene rings is 1. The lowest BCUT2D eigenvalue weighted by atomic mass is 9.98. The molecule has 1 aromatic carbocycles. The molecule has 0 radical (unpaired) electrons. The van der Waals surface area contributed by atoms with Gasteiger partial charge in [-0.25, -0.2) is 4.39 Å². The SMILES string of the molecule is CC(C)(C)OCCN1C(=O)C[C@@H](Cc2ccc(F)cc2)C1=O. The Hall–Kier alpha value is -1.75. The predicted octanol–water partition coefficient (Wildman–Crippen LogP) is 2.56. The number of likely N-dealkylation sites (tertiary alicyclic amines) is 1. The molecule has 0 saturated carbocycles. The monoisotopic (exact) mass is 307 g/mol. The highest BCUT2D eigenvalue weighted by atomic mass is 19.1. The summed E-state index contributed by atoms with van der Waals surface area (Å²) in [4.78, 5) is 25.6. The van der Waals surface area contributed by atoms with Crippen molar-refractivity contribution in [1.29, 1.82) is 0 Å². The van der Waals surface area contributed by atoms with Gasteiger partial charge in [-0.2, -0.15) is 0 Å². The zero-order valence-corrected chi connectivity index (χ0v) is 13.3. The van der Waals surface area contributed by atoms with Crippen LogP contribution in [0, 0.1) is 11.7 Å². The Labute approximate surface area is 130 Å². The van der Waals surface area contributed by atoms with Gasteiger partial charge in [0.2, 0.25) is 11.8 Å². The van der Waals surface area contributed by atoms with E-state index in [1.165, 1.54) is 17.0 Å². The summed E-state index contributed by atoms with van der Waals surface area (Å²) < 4.78 is 18.5. The molecule has 2 rings (SSSR count). The molecule has 1 aromatic rings. The fourth-order valence-corrected chi connectivity index (χ4v) is 2.49. The van der Waals surface area contributed by atoms with Crippen molar-refractivity contribution in [3.8, 4) is 0 Å². The average Bonchev–Trinajstić information content (AvgIpc) is 2.67. The molecule has 1 saturated heterocycles. The van der Waals surface area contributed by atoms with Crippen molar-refractivity contribution in [2.45, 2.75) is 39.2 Å². The molecule has 5 heteroatoms. The Kier molecular flexibility index (Phi) is 4.96. The van der Waals surface area contributed by atoms with Gasteiger partial charge in [0.05, 0.1) is 24.7 Å². The van der Waals surface area contributed by atoms with Crippen molar-refractivity contribution in [1.82, 2.24) is 4.90 Å². The first-order valence-corrected chi connectivity index (χ1v) is 7.49. The zero-order valence-electron chi connectivity index (χ0n) is 13.3. The summed E-state index contributed by atoms with van der Waals surface area (Å²) in [5.41, 5.74) is 0.569. The summed E-state index contributed by atoms with van der Waals surface area (Å²) in [5, 5.41) is 0. The topological polar surface area (TPSA) is 46.6 Å². The van der Waals surface area contributed by atoms with Gasteiger partial charge < -0.3 is 4.74 Å². The van der Waals surface area contributed by atoms with Crippen LogP contribution in [0.3, 0.4) is 0 Å². The van der Waals surface area contributed by atoms with Gasteiger partial charge in [-0.15, -0.1) is 0 Å². The minimum Gasteiger partial charge on any atom is -0.374 e. The van der Waals surface area contributed by atoms with Gasteiger partial charge >= 0.3 is 0 Å². The lowest BCUT2D eigenvalue weighted by Crippen LogP contribution is -2.35. The van der Waals surface area contributed by atoms with Crippen molar-refractivity contribution in [2.24, 2.45) is 5.92 Å². The number of imide groups is 1. The van der Waals surface area contributed by atoms with E-state index in [1.807, 2.05) is 20.8 Å². The van der Waals surface area contributed by atoms with E-state index in [4.69, 9.17) is 4.74 Å². The van der Waals surface area contributed by atoms with Crippen molar-refractivity contribution >= 4 is 11.8 Å². The first-order chi connectivity index (χ1) is 10.3. The molecule has 22 heavy (non-hydrogen) atoms. The molecule has 120 valence electrons. The van der Waals surface area contributed by atoms with E-state index in [-0.39, 0.29) is 42.1 Å². The average molecular weight is 307 g/mol. The number of ether oxygens (including phenoxy) is 1. The fraction of sp³-hybridized carbons (Fsp3) is 0.529. The largest absolute Gasteiger partial charge is 0.374 e. The molecule has 1 aliphatic heterocycles. The van der Waals surface area contributed by atoms with Crippen LogP contribution >= 0.6 is 0 Å². The van der Waals surface area contributed by atoms with E-state index < -0.39 is 0 Å². The number of rotatable bonds is 5. The molecule has 0 N–H and O–H groups in total. The highest BCUT2D eigenvalue weighted by Crippen LogP contribution is 2.23. The molecule has 0 aliphatic carbocycles. The first kappa shape index (κ1) is 16.6. The first-order valence-electron chi connectivity index (χ1n) is 7.49. The summed E-state index contributed by atoms with van der Waals surface area (Å²) in [6.07, 6.45) is 0.674. The molecule has 1 fully saturated rings. The standard InChI is InChI=1S/C17H22FNO3/c1-17(2,3)22-9-8-19-15(20)11-13(16(19)21)10-12-4-6-14(18)7-5-12/h4-7,13H,8-11H2,1-3H3/t13-/m1/s1. The molecule has 1 atom stereocenters. The van der Waals surface area contributed by atoms with Crippen molar-refractivity contribution in [3.05, 3.63) is 35.6 Å². The van der Waals surface area contributed by atoms with E-state index in [2.05, 4.69) is 0 Å². The molecule has 0 bridgehead atoms. The normalized spacial score (nSPS) is 19.1. The Morgan fingerprint density at radius 2 is 1.86 bits per heavy atom. The predicted molar refractivity (Wildman–Crippen MR) is 80.6 cm³/mol. The molecule has 0 spiro atoms. The third-order valence-corrected chi connectivity index (χ3v) is 3.58. The minimum absolute atomic E-state index is 0.158. The molecule has 2 amide bonds. The molecule has 0 unspecified atom stereocenters. The number of hydrogen-bond donors (Lipinski definition) is 0. The highest BCUT2D eigenvalue weighted by molar-refractivity contribution is 6.03. The van der Waals surface area contributed by atoms with E-state index >= 15 is 0 Å². The third-order valence-electron chi connectivity index (χ3n) is 3.58. The van der Waals surface area contributed by atoms with E-state index in [0.717, 1.165) is 5.56 Å². The van der Waals surface area contributed by atoms with Crippen LogP contribution < -0.4 is 0 Å². The lowest BCUT2D eigenvalue weighted by molar-refractivity contribution is -0.141. The van der Waals surface area contributed by atoms with Crippen LogP contribution in [0.1, 0.15) is 32.8 Å². The van der Waals surface area contributed by atoms with Crippen molar-refractivity contribution < 1.29 is 18.7 Å². The van der Waals surface area contributed by atoms with E-state index in [9.17, 15) is 14.0 Å². The summed E-state index contributed by atoms with van der Waals surface area (Å²) in [6, 6.07) is 6.04. The summed E-state index contributed by atoms with van der Waals surface area (Å²) in [7, 11) is 0. The highest BCUT2D eigenvalue weighted by Gasteiger charge is 2.38. The smallest absolute Gasteiger partial charge is 0.233 e. The number of carbonyl (C=O) groups excluding carboxylic acids is 2. The summed E-state index contributed by atoms with van der Waals surface area (Å²) >= 11 is 0. The second-order valence-corrected chi connectivity index (χ2v) is 6.58. The van der Waals surface area contributed by atoms with Gasteiger partial charge in [0.15, 0.2) is 0 Å². The van der Waals surface area contributed by atoms with Gasteiger partial charge in [0.1, 0.15) is 5.82 Å². The maximum absolute atomic E-state index is 12.9. The minimum atomic E-state index is -0.354. The number of halogens is 1. The molecular weight excluding hydrogens is 285 g/mol. The summed E-state index contributed by atoms with van der Waals surface area (Å²) in [6.45, 7) is 6.41. The maximum Gasteiger partial charge on any atom is 0.233 e. The Balaban J connectivity index is 1.92. The molecular formula is C17H22FNO3. The Morgan fingerprint density at radius 1 is 1.23 bits per heavy atom. The van der Waals surface area contributed by atoms with Crippen molar-refractivity contribution in [3.63, 3.8) is 0 Å². The van der Waals surface area contributed by atoms with Crippen LogP contribution in [-0.2, 0) is 20.7 Å². The molecule has 1 aliphatic rings. The second kappa shape index (κ2) is 6.57. The van der Waals surface area contributed by atoms with Crippen molar-refractivity contribution in [2.75, 3.05) is 13.2 Å². The zero-order chi connectivity index (χ0) is 16.3. The molecule has 0 aromatic heterocycles. The van der Waals surface area contributed by atoms with Crippen LogP contribution in [0.25, 0.3) is 0 Å². The Morgan fingerprint density at radius 3 is 2.45 bits per heavy atom. The number of nitrogens with zero attached hydrogens (tertiary/aromatic N) is 1. The van der Waals surface area contributed by atoms with Gasteiger partial charge in [-0.3, -0.25) is 14.5 Å². The Bertz CT molecular complexity index is 548. The quantitative estimate of drug-likeness (QED) is 0.785. The van der Waals surface area contributed by atoms with Crippen LogP contribution in [0.2, 0.25) is 0 Å². The van der Waals surface area contributed by atoms with Crippen LogP contribution in [0.5, 0.6) is 0 Å². The van der Waals surface area contributed by atoms with Gasteiger partial charge in [-0.1, -0.05) is 12.1 Å². The van der Waals surface area contributed by atoms with Gasteiger partial charge in [0, 0.05) is 6.42 Å². The van der Waals surface area contributed by atoms with Crippen LogP contribution in [0.4, 0.5) is 4.39 Å². The third kappa shape index (κ3) is 4.37. The number of carbonyl (C=O) groups is 2. The summed E-state index contributed by atoms with van der Waals surface area (Å²) in [5.74, 6) is -0.979. The van der Waals surface area contributed by atoms with Gasteiger partial charge in [-0.05, 0) is 44.9 Å². The molecule has 1 heterocycles. The van der Waals surface area contributed by atoms with Gasteiger partial charge in [0.25, 0.3) is 0 Å². The second-order valence-electron chi connectivity index (χ2n) is 6.58. The lowest BCUT2D eigenvalue weighted by Gasteiger charge is -2.22. The van der Waals surface area contributed by atoms with E-state index in [1.54, 1.807) is 12.1 Å². The maximum atomic E-state index is 12.9. The number of hydrogen-bond acceptors (Lipinski definition) is 3. The van der Waals surface area contributed by atoms with E-state index in [0.29, 0.717) is 13.0 Å². The van der Waals surface area contributed by atoms with Crippen LogP contribution in [-0.4, -0.2) is 35.5 Å². The fourth-order valence-electron chi connectivity index (χ4n) is 2.49.